The molecule has 0 aliphatic heterocycles. The molecule has 3 heterocycles. The Morgan fingerprint density at radius 2 is 1.53 bits per heavy atom. The van der Waals surface area contributed by atoms with E-state index in [4.69, 9.17) is 9.97 Å². The first kappa shape index (κ1) is 23.6. The van der Waals surface area contributed by atoms with Crippen molar-refractivity contribution in [2.75, 3.05) is 0 Å². The molecule has 5 nitrogen and oxygen atoms in total. The van der Waals surface area contributed by atoms with Gasteiger partial charge in [-0.15, -0.1) is 0 Å². The van der Waals surface area contributed by atoms with E-state index in [0.717, 1.165) is 45.7 Å². The van der Waals surface area contributed by atoms with Gasteiger partial charge in [0.1, 0.15) is 17.1 Å². The Kier molecular flexibility index (Phi) is 6.18. The first-order valence-corrected chi connectivity index (χ1v) is 12.9. The van der Waals surface area contributed by atoms with Crippen LogP contribution in [0.3, 0.4) is 0 Å². The van der Waals surface area contributed by atoms with Crippen molar-refractivity contribution < 1.29 is 5.11 Å². The van der Waals surface area contributed by atoms with Crippen molar-refractivity contribution in [1.29, 1.82) is 0 Å². The average Bonchev–Trinajstić information content (AvgIpc) is 3.33. The molecule has 6 rings (SSSR count). The fourth-order valence-electron chi connectivity index (χ4n) is 5.00. The van der Waals surface area contributed by atoms with Gasteiger partial charge in [-0.3, -0.25) is 14.5 Å². The van der Waals surface area contributed by atoms with E-state index in [9.17, 15) is 5.11 Å². The molecule has 186 valence electrons. The molecule has 3 aromatic heterocycles. The fraction of sp³-hybridized carbons (Fsp3) is 0.121. The Morgan fingerprint density at radius 1 is 0.763 bits per heavy atom. The Balaban J connectivity index is 1.63. The summed E-state index contributed by atoms with van der Waals surface area (Å²) in [5.74, 6) is 1.36. The molecule has 0 aliphatic rings. The van der Waals surface area contributed by atoms with Gasteiger partial charge >= 0.3 is 0 Å². The molecule has 0 radical (unpaired) electrons. The Hall–Kier alpha value is -4.77. The van der Waals surface area contributed by atoms with Crippen LogP contribution in [0.5, 0.6) is 5.75 Å². The summed E-state index contributed by atoms with van der Waals surface area (Å²) in [6.45, 7) is 4.46. The summed E-state index contributed by atoms with van der Waals surface area (Å²) in [6, 6.07) is 32.0. The third-order valence-electron chi connectivity index (χ3n) is 6.60. The number of rotatable bonds is 6. The zero-order valence-corrected chi connectivity index (χ0v) is 21.4. The van der Waals surface area contributed by atoms with Gasteiger partial charge in [0.05, 0.1) is 22.5 Å². The highest BCUT2D eigenvalue weighted by Gasteiger charge is 2.20. The predicted octanol–water partition coefficient (Wildman–Crippen LogP) is 7.72. The van der Waals surface area contributed by atoms with Gasteiger partial charge in [0, 0.05) is 29.2 Å². The highest BCUT2D eigenvalue weighted by Crippen LogP contribution is 2.37. The van der Waals surface area contributed by atoms with Crippen LogP contribution in [0.4, 0.5) is 0 Å². The predicted molar refractivity (Wildman–Crippen MR) is 153 cm³/mol. The largest absolute Gasteiger partial charge is 0.507 e. The lowest BCUT2D eigenvalue weighted by atomic mass is 9.95. The van der Waals surface area contributed by atoms with Gasteiger partial charge in [0.15, 0.2) is 0 Å². The Bertz CT molecular complexity index is 1720. The number of pyridine rings is 2. The second-order valence-corrected chi connectivity index (χ2v) is 9.88. The van der Waals surface area contributed by atoms with Crippen molar-refractivity contribution in [3.8, 4) is 45.3 Å². The van der Waals surface area contributed by atoms with E-state index in [0.29, 0.717) is 17.3 Å². The molecule has 0 spiro atoms. The summed E-state index contributed by atoms with van der Waals surface area (Å²) in [6.07, 6.45) is 4.61. The van der Waals surface area contributed by atoms with E-state index in [2.05, 4.69) is 41.6 Å². The van der Waals surface area contributed by atoms with E-state index in [-0.39, 0.29) is 5.75 Å². The number of hydrogen-bond donors (Lipinski definition) is 1. The van der Waals surface area contributed by atoms with Crippen molar-refractivity contribution in [3.05, 3.63) is 115 Å². The standard InChI is InChI=1S/C33H28N4O/c1-22(2)18-23-19-24(28-13-8-9-16-34-28)21-25(20-23)31-32-29(15-17-35-31)37(26-10-4-3-5-11-26)33(36-32)27-12-6-7-14-30(27)38/h3-17,19-22,38H,18H2,1-2H3. The molecule has 0 bridgehead atoms. The number of fused-ring (bicyclic) bond motifs is 1. The minimum atomic E-state index is 0.186. The number of aromatic hydroxyl groups is 1. The van der Waals surface area contributed by atoms with Crippen molar-refractivity contribution in [3.63, 3.8) is 0 Å². The van der Waals surface area contributed by atoms with Crippen LogP contribution in [0.25, 0.3) is 50.6 Å². The minimum Gasteiger partial charge on any atom is -0.507 e. The van der Waals surface area contributed by atoms with Gasteiger partial charge in [-0.05, 0) is 78.6 Å². The zero-order chi connectivity index (χ0) is 26.1. The third kappa shape index (κ3) is 4.43. The lowest BCUT2D eigenvalue weighted by molar-refractivity contribution is 0.477. The van der Waals surface area contributed by atoms with E-state index in [1.807, 2.05) is 85.2 Å². The van der Waals surface area contributed by atoms with E-state index < -0.39 is 0 Å². The quantitative estimate of drug-likeness (QED) is 0.256. The van der Waals surface area contributed by atoms with Gasteiger partial charge in [0.2, 0.25) is 0 Å². The second-order valence-electron chi connectivity index (χ2n) is 9.88. The normalized spacial score (nSPS) is 11.3. The molecule has 0 aliphatic carbocycles. The first-order valence-electron chi connectivity index (χ1n) is 12.9. The molecular formula is C33H28N4O. The van der Waals surface area contributed by atoms with Gasteiger partial charge in [-0.1, -0.05) is 50.2 Å². The van der Waals surface area contributed by atoms with Crippen LogP contribution in [-0.2, 0) is 6.42 Å². The van der Waals surface area contributed by atoms with Crippen LogP contribution < -0.4 is 0 Å². The Morgan fingerprint density at radius 3 is 2.29 bits per heavy atom. The number of imidazole rings is 1. The molecule has 0 fully saturated rings. The monoisotopic (exact) mass is 496 g/mol. The SMILES string of the molecule is CC(C)Cc1cc(-c2ccccn2)cc(-c2nccc3c2nc(-c2ccccc2O)n3-c2ccccc2)c1. The molecule has 6 aromatic rings. The molecule has 0 saturated carbocycles. The van der Waals surface area contributed by atoms with Crippen LogP contribution in [-0.4, -0.2) is 24.6 Å². The van der Waals surface area contributed by atoms with Crippen LogP contribution >= 0.6 is 0 Å². The summed E-state index contributed by atoms with van der Waals surface area (Å²) < 4.78 is 2.09. The van der Waals surface area contributed by atoms with Gasteiger partial charge in [0.25, 0.3) is 0 Å². The number of phenols is 1. The number of hydrogen-bond acceptors (Lipinski definition) is 4. The fourth-order valence-corrected chi connectivity index (χ4v) is 5.00. The summed E-state index contributed by atoms with van der Waals surface area (Å²) in [4.78, 5) is 14.6. The van der Waals surface area contributed by atoms with Crippen molar-refractivity contribution in [2.45, 2.75) is 20.3 Å². The number of para-hydroxylation sites is 2. The first-order chi connectivity index (χ1) is 18.6. The zero-order valence-electron chi connectivity index (χ0n) is 21.4. The van der Waals surface area contributed by atoms with Crippen LogP contribution in [0, 0.1) is 5.92 Å². The van der Waals surface area contributed by atoms with Crippen molar-refractivity contribution in [1.82, 2.24) is 19.5 Å². The molecule has 3 aromatic carbocycles. The maximum Gasteiger partial charge on any atom is 0.149 e. The van der Waals surface area contributed by atoms with Crippen LogP contribution in [0.15, 0.2) is 109 Å². The van der Waals surface area contributed by atoms with Gasteiger partial charge in [-0.25, -0.2) is 4.98 Å². The average molecular weight is 497 g/mol. The number of benzene rings is 3. The van der Waals surface area contributed by atoms with Crippen molar-refractivity contribution in [2.24, 2.45) is 5.92 Å². The third-order valence-corrected chi connectivity index (χ3v) is 6.60. The van der Waals surface area contributed by atoms with E-state index >= 15 is 0 Å². The smallest absolute Gasteiger partial charge is 0.149 e. The maximum absolute atomic E-state index is 10.8. The highest BCUT2D eigenvalue weighted by molar-refractivity contribution is 5.94. The molecule has 0 saturated heterocycles. The van der Waals surface area contributed by atoms with E-state index in [1.165, 1.54) is 5.56 Å². The number of nitrogens with zero attached hydrogens (tertiary/aromatic N) is 4. The molecule has 0 atom stereocenters. The lowest BCUT2D eigenvalue weighted by Crippen LogP contribution is -1.98. The highest BCUT2D eigenvalue weighted by atomic mass is 16.3. The molecule has 0 unspecified atom stereocenters. The summed E-state index contributed by atoms with van der Waals surface area (Å²) in [7, 11) is 0. The maximum atomic E-state index is 10.8. The summed E-state index contributed by atoms with van der Waals surface area (Å²) >= 11 is 0. The molecule has 1 N–H and O–H groups in total. The van der Waals surface area contributed by atoms with Gasteiger partial charge in [-0.2, -0.15) is 0 Å². The molecular weight excluding hydrogens is 468 g/mol. The van der Waals surface area contributed by atoms with Crippen LogP contribution in [0.1, 0.15) is 19.4 Å². The van der Waals surface area contributed by atoms with Crippen molar-refractivity contribution >= 4 is 11.0 Å². The Labute approximate surface area is 222 Å². The minimum absolute atomic E-state index is 0.186. The van der Waals surface area contributed by atoms with E-state index in [1.54, 1.807) is 6.07 Å². The second kappa shape index (κ2) is 9.94. The lowest BCUT2D eigenvalue weighted by Gasteiger charge is -2.12. The molecule has 5 heteroatoms. The van der Waals surface area contributed by atoms with Crippen LogP contribution in [0.2, 0.25) is 0 Å². The summed E-state index contributed by atoms with van der Waals surface area (Å²) in [5, 5.41) is 10.8. The number of aromatic nitrogens is 4. The number of phenolic OH excluding ortho intramolecular Hbond substituents is 1. The summed E-state index contributed by atoms with van der Waals surface area (Å²) in [5.41, 5.74) is 8.36. The molecule has 38 heavy (non-hydrogen) atoms. The molecule has 0 amide bonds. The topological polar surface area (TPSA) is 63.8 Å². The van der Waals surface area contributed by atoms with Gasteiger partial charge < -0.3 is 5.11 Å².